The first-order chi connectivity index (χ1) is 16.6. The summed E-state index contributed by atoms with van der Waals surface area (Å²) < 4.78 is 12.2. The minimum absolute atomic E-state index is 0.00113. The molecule has 7 unspecified atom stereocenters. The number of ether oxygens (including phenoxy) is 2. The van der Waals surface area contributed by atoms with Crippen LogP contribution in [0.4, 0.5) is 0 Å². The summed E-state index contributed by atoms with van der Waals surface area (Å²) in [6.45, 7) is 18.9. The van der Waals surface area contributed by atoms with Crippen molar-refractivity contribution in [3.05, 3.63) is 0 Å². The van der Waals surface area contributed by atoms with Crippen LogP contribution in [0.1, 0.15) is 120 Å². The van der Waals surface area contributed by atoms with E-state index >= 15 is 0 Å². The first-order valence-corrected chi connectivity index (χ1v) is 15.0. The molecule has 0 spiro atoms. The second-order valence-electron chi connectivity index (χ2n) is 16.1. The van der Waals surface area contributed by atoms with Gasteiger partial charge in [-0.25, -0.2) is 0 Å². The zero-order valence-corrected chi connectivity index (χ0v) is 24.2. The zero-order valence-electron chi connectivity index (χ0n) is 24.2. The highest BCUT2D eigenvalue weighted by atomic mass is 16.6. The van der Waals surface area contributed by atoms with Crippen molar-refractivity contribution in [2.24, 2.45) is 56.2 Å². The molecule has 4 nitrogen and oxygen atoms in total. The number of fused-ring (bicyclic) bond motifs is 5. The van der Waals surface area contributed by atoms with E-state index in [1.54, 1.807) is 6.92 Å². The number of esters is 2. The third-order valence-corrected chi connectivity index (χ3v) is 14.3. The van der Waals surface area contributed by atoms with Gasteiger partial charge in [-0.1, -0.05) is 48.5 Å². The van der Waals surface area contributed by atoms with Crippen molar-refractivity contribution in [3.8, 4) is 0 Å². The molecule has 0 aromatic heterocycles. The predicted octanol–water partition coefficient (Wildman–Crippen LogP) is 7.34. The molecule has 202 valence electrons. The van der Waals surface area contributed by atoms with Gasteiger partial charge in [0.25, 0.3) is 0 Å². The van der Waals surface area contributed by atoms with Crippen LogP contribution in [0.5, 0.6) is 0 Å². The number of rotatable bonds is 1. The van der Waals surface area contributed by atoms with E-state index < -0.39 is 0 Å². The largest absolute Gasteiger partial charge is 0.462 e. The molecule has 0 radical (unpaired) electrons. The van der Waals surface area contributed by atoms with Crippen LogP contribution >= 0.6 is 0 Å². The lowest BCUT2D eigenvalue weighted by atomic mass is 9.31. The van der Waals surface area contributed by atoms with Crippen molar-refractivity contribution < 1.29 is 19.1 Å². The maximum absolute atomic E-state index is 13.4. The molecule has 36 heavy (non-hydrogen) atoms. The number of carbonyl (C=O) groups excluding carboxylic acids is 2. The Labute approximate surface area is 219 Å². The molecule has 6 rings (SSSR count). The van der Waals surface area contributed by atoms with Crippen molar-refractivity contribution in [1.82, 2.24) is 0 Å². The molecule has 1 heterocycles. The van der Waals surface area contributed by atoms with Crippen molar-refractivity contribution in [2.45, 2.75) is 132 Å². The minimum Gasteiger partial charge on any atom is -0.462 e. The Bertz CT molecular complexity index is 983. The van der Waals surface area contributed by atoms with Gasteiger partial charge in [-0.3, -0.25) is 9.59 Å². The normalized spacial score (nSPS) is 54.3. The Morgan fingerprint density at radius 2 is 1.50 bits per heavy atom. The molecule has 0 aromatic rings. The minimum atomic E-state index is -0.210. The third-order valence-electron chi connectivity index (χ3n) is 14.3. The molecule has 0 aromatic carbocycles. The van der Waals surface area contributed by atoms with E-state index in [-0.39, 0.29) is 56.6 Å². The molecular weight excluding hydrogens is 448 g/mol. The molecular formula is C32H50O4. The summed E-state index contributed by atoms with van der Waals surface area (Å²) in [4.78, 5) is 25.3. The van der Waals surface area contributed by atoms with Gasteiger partial charge in [-0.05, 0) is 98.2 Å². The Balaban J connectivity index is 1.36. The molecule has 6 aliphatic rings. The van der Waals surface area contributed by atoms with Crippen LogP contribution in [0.25, 0.3) is 0 Å². The average Bonchev–Trinajstić information content (AvgIpc) is 3.03. The monoisotopic (exact) mass is 498 g/mol. The summed E-state index contributed by atoms with van der Waals surface area (Å²) in [5, 5.41) is 0. The summed E-state index contributed by atoms with van der Waals surface area (Å²) in [6, 6.07) is 0. The quantitative estimate of drug-likeness (QED) is 0.355. The van der Waals surface area contributed by atoms with Crippen LogP contribution in [0.15, 0.2) is 0 Å². The van der Waals surface area contributed by atoms with E-state index in [2.05, 4.69) is 48.5 Å². The van der Waals surface area contributed by atoms with Gasteiger partial charge in [0.15, 0.2) is 0 Å². The molecule has 0 amide bonds. The SMILES string of the molecule is CC(=O)OC1CC[C@@]2(C)C(CC[C@]3(C)C2CCC2C4C5OC(=O)C4(CCC5(C)C)CC[C@]23C)C1(C)C. The second kappa shape index (κ2) is 7.32. The van der Waals surface area contributed by atoms with E-state index in [1.165, 1.54) is 32.1 Å². The van der Waals surface area contributed by atoms with Gasteiger partial charge in [-0.15, -0.1) is 0 Å². The molecule has 1 aliphatic heterocycles. The highest BCUT2D eigenvalue weighted by Crippen LogP contribution is 2.78. The highest BCUT2D eigenvalue weighted by Gasteiger charge is 2.75. The summed E-state index contributed by atoms with van der Waals surface area (Å²) in [7, 11) is 0. The lowest BCUT2D eigenvalue weighted by molar-refractivity contribution is -0.254. The maximum atomic E-state index is 13.4. The molecule has 5 saturated carbocycles. The summed E-state index contributed by atoms with van der Waals surface area (Å²) in [6.07, 6.45) is 11.6. The smallest absolute Gasteiger partial charge is 0.312 e. The Kier molecular flexibility index (Phi) is 5.13. The van der Waals surface area contributed by atoms with E-state index in [0.717, 1.165) is 32.1 Å². The van der Waals surface area contributed by atoms with Crippen molar-refractivity contribution >= 4 is 11.9 Å². The van der Waals surface area contributed by atoms with Gasteiger partial charge in [0.2, 0.25) is 0 Å². The van der Waals surface area contributed by atoms with E-state index in [4.69, 9.17) is 9.47 Å². The van der Waals surface area contributed by atoms with Crippen molar-refractivity contribution in [2.75, 3.05) is 0 Å². The summed E-state index contributed by atoms with van der Waals surface area (Å²) in [5.74, 6) is 2.23. The topological polar surface area (TPSA) is 52.6 Å². The number of hydrogen-bond acceptors (Lipinski definition) is 4. The van der Waals surface area contributed by atoms with Crippen molar-refractivity contribution in [1.29, 1.82) is 0 Å². The van der Waals surface area contributed by atoms with Gasteiger partial charge >= 0.3 is 11.9 Å². The highest BCUT2D eigenvalue weighted by molar-refractivity contribution is 5.81. The first kappa shape index (κ1) is 25.2. The fourth-order valence-electron chi connectivity index (χ4n) is 12.2. The van der Waals surface area contributed by atoms with Crippen LogP contribution in [0, 0.1) is 56.2 Å². The van der Waals surface area contributed by atoms with Crippen LogP contribution in [0.2, 0.25) is 0 Å². The Morgan fingerprint density at radius 3 is 2.19 bits per heavy atom. The lowest BCUT2D eigenvalue weighted by Gasteiger charge is -2.73. The van der Waals surface area contributed by atoms with Gasteiger partial charge < -0.3 is 9.47 Å². The van der Waals surface area contributed by atoms with Gasteiger partial charge in [0.1, 0.15) is 12.2 Å². The first-order valence-electron chi connectivity index (χ1n) is 15.0. The average molecular weight is 499 g/mol. The molecule has 6 fully saturated rings. The van der Waals surface area contributed by atoms with E-state index in [9.17, 15) is 9.59 Å². The molecule has 0 N–H and O–H groups in total. The molecule has 10 atom stereocenters. The van der Waals surface area contributed by atoms with Crippen LogP contribution in [0.3, 0.4) is 0 Å². The lowest BCUT2D eigenvalue weighted by Crippen LogP contribution is -2.68. The second-order valence-corrected chi connectivity index (χ2v) is 16.1. The van der Waals surface area contributed by atoms with E-state index in [1.807, 2.05) is 0 Å². The molecule has 1 saturated heterocycles. The number of hydrogen-bond donors (Lipinski definition) is 0. The summed E-state index contributed by atoms with van der Waals surface area (Å²) >= 11 is 0. The zero-order chi connectivity index (χ0) is 26.1. The van der Waals surface area contributed by atoms with Gasteiger partial charge in [0.05, 0.1) is 5.41 Å². The van der Waals surface area contributed by atoms with Gasteiger partial charge in [0, 0.05) is 23.7 Å². The standard InChI is InChI=1S/C32H50O4/c1-19(33)35-23-12-13-29(6)21(28(23,4)5)11-14-31(8)22(29)10-9-20-24-25-27(2,3)15-17-32(24,26(34)36-25)18-16-30(20,31)7/h20-25H,9-18H2,1-8H3/t20?,21?,22?,23?,24?,25?,29-,30+,31+,32?/m0/s1. The summed E-state index contributed by atoms with van der Waals surface area (Å²) in [5.41, 5.74) is 0.665. The Morgan fingerprint density at radius 1 is 0.806 bits per heavy atom. The fraction of sp³-hybridized carbons (Fsp3) is 0.938. The Hall–Kier alpha value is -1.06. The fourth-order valence-corrected chi connectivity index (χ4v) is 12.2. The predicted molar refractivity (Wildman–Crippen MR) is 140 cm³/mol. The van der Waals surface area contributed by atoms with Crippen LogP contribution in [-0.2, 0) is 19.1 Å². The molecule has 4 heteroatoms. The molecule has 5 aliphatic carbocycles. The molecule has 2 bridgehead atoms. The van der Waals surface area contributed by atoms with Crippen molar-refractivity contribution in [3.63, 3.8) is 0 Å². The maximum Gasteiger partial charge on any atom is 0.312 e. The number of carbonyl (C=O) groups is 2. The third kappa shape index (κ3) is 2.83. The van der Waals surface area contributed by atoms with E-state index in [0.29, 0.717) is 23.7 Å². The van der Waals surface area contributed by atoms with Crippen LogP contribution < -0.4 is 0 Å². The van der Waals surface area contributed by atoms with Crippen LogP contribution in [-0.4, -0.2) is 24.1 Å². The van der Waals surface area contributed by atoms with Gasteiger partial charge in [-0.2, -0.15) is 0 Å².